The molecule has 2 aromatic carbocycles. The van der Waals surface area contributed by atoms with Crippen molar-refractivity contribution >= 4 is 11.8 Å². The molecule has 26 heavy (non-hydrogen) atoms. The van der Waals surface area contributed by atoms with Gasteiger partial charge < -0.3 is 9.80 Å². The highest BCUT2D eigenvalue weighted by Gasteiger charge is 2.21. The lowest BCUT2D eigenvalue weighted by Crippen LogP contribution is -2.31. The van der Waals surface area contributed by atoms with E-state index < -0.39 is 0 Å². The number of rotatable bonds is 7. The molecule has 1 aliphatic rings. The molecular weight excluding hydrogens is 324 g/mol. The van der Waals surface area contributed by atoms with Gasteiger partial charge in [0.1, 0.15) is 0 Å². The predicted octanol–water partition coefficient (Wildman–Crippen LogP) is 3.64. The number of hydrogen-bond acceptors (Lipinski definition) is 2. The lowest BCUT2D eigenvalue weighted by Gasteiger charge is -2.22. The molecule has 1 aliphatic heterocycles. The van der Waals surface area contributed by atoms with Gasteiger partial charge in [0.15, 0.2) is 0 Å². The van der Waals surface area contributed by atoms with Crippen LogP contribution in [0.1, 0.15) is 34.3 Å². The van der Waals surface area contributed by atoms with E-state index in [1.54, 1.807) is 11.0 Å². The molecule has 3 rings (SSSR count). The highest BCUT2D eigenvalue weighted by Crippen LogP contribution is 2.17. The molecule has 1 heterocycles. The fraction of sp³-hybridized carbons (Fsp3) is 0.273. The Morgan fingerprint density at radius 2 is 1.88 bits per heavy atom. The summed E-state index contributed by atoms with van der Waals surface area (Å²) in [5, 5.41) is 0. The third-order valence-corrected chi connectivity index (χ3v) is 4.57. The smallest absolute Gasteiger partial charge is 0.254 e. The van der Waals surface area contributed by atoms with E-state index in [-0.39, 0.29) is 11.8 Å². The van der Waals surface area contributed by atoms with Crippen LogP contribution >= 0.6 is 0 Å². The minimum absolute atomic E-state index is 0.0247. The monoisotopic (exact) mass is 348 g/mol. The first kappa shape index (κ1) is 17.9. The van der Waals surface area contributed by atoms with Gasteiger partial charge in [0.2, 0.25) is 5.91 Å². The first-order chi connectivity index (χ1) is 12.7. The molecule has 4 heteroatoms. The van der Waals surface area contributed by atoms with E-state index in [9.17, 15) is 9.59 Å². The van der Waals surface area contributed by atoms with E-state index in [0.717, 1.165) is 24.1 Å². The van der Waals surface area contributed by atoms with Gasteiger partial charge in [-0.3, -0.25) is 9.59 Å². The van der Waals surface area contributed by atoms with Gasteiger partial charge in [-0.05, 0) is 29.7 Å². The van der Waals surface area contributed by atoms with Gasteiger partial charge in [-0.1, -0.05) is 48.5 Å². The number of hydrogen-bond donors (Lipinski definition) is 0. The third-order valence-electron chi connectivity index (χ3n) is 4.57. The van der Waals surface area contributed by atoms with E-state index >= 15 is 0 Å². The zero-order valence-corrected chi connectivity index (χ0v) is 14.9. The van der Waals surface area contributed by atoms with Crippen LogP contribution in [0.4, 0.5) is 0 Å². The Hall–Kier alpha value is -2.88. The lowest BCUT2D eigenvalue weighted by atomic mass is 10.1. The van der Waals surface area contributed by atoms with Crippen LogP contribution in [-0.4, -0.2) is 34.7 Å². The number of carbonyl (C=O) groups excluding carboxylic acids is 2. The molecule has 1 saturated heterocycles. The summed E-state index contributed by atoms with van der Waals surface area (Å²) in [5.74, 6) is 0.169. The Labute approximate surface area is 154 Å². The Morgan fingerprint density at radius 3 is 2.58 bits per heavy atom. The van der Waals surface area contributed by atoms with E-state index in [4.69, 9.17) is 0 Å². The highest BCUT2D eigenvalue weighted by atomic mass is 16.2. The van der Waals surface area contributed by atoms with E-state index in [1.165, 1.54) is 0 Å². The molecule has 4 nitrogen and oxygen atoms in total. The largest absolute Gasteiger partial charge is 0.338 e. The number of likely N-dealkylation sites (tertiary alicyclic amines) is 1. The van der Waals surface area contributed by atoms with Crippen molar-refractivity contribution in [3.63, 3.8) is 0 Å². The van der Waals surface area contributed by atoms with Gasteiger partial charge >= 0.3 is 0 Å². The van der Waals surface area contributed by atoms with E-state index in [1.807, 2.05) is 59.5 Å². The molecule has 2 aromatic rings. The van der Waals surface area contributed by atoms with Crippen LogP contribution in [0.25, 0.3) is 0 Å². The first-order valence-electron chi connectivity index (χ1n) is 8.98. The van der Waals surface area contributed by atoms with Crippen LogP contribution in [0, 0.1) is 0 Å². The molecule has 0 unspecified atom stereocenters. The molecule has 0 atom stereocenters. The Balaban J connectivity index is 1.75. The minimum Gasteiger partial charge on any atom is -0.338 e. The summed E-state index contributed by atoms with van der Waals surface area (Å²) in [6, 6.07) is 17.5. The van der Waals surface area contributed by atoms with Gasteiger partial charge in [-0.25, -0.2) is 0 Å². The SMILES string of the molecule is C=CCN(Cc1ccccc1)C(=O)c1cccc(CN2CCCC2=O)c1. The van der Waals surface area contributed by atoms with Crippen molar-refractivity contribution in [2.45, 2.75) is 25.9 Å². The molecule has 0 N–H and O–H groups in total. The van der Waals surface area contributed by atoms with Crippen LogP contribution in [0.5, 0.6) is 0 Å². The average Bonchev–Trinajstić information content (AvgIpc) is 3.06. The van der Waals surface area contributed by atoms with Crippen molar-refractivity contribution in [1.29, 1.82) is 0 Å². The van der Waals surface area contributed by atoms with Crippen LogP contribution < -0.4 is 0 Å². The zero-order valence-electron chi connectivity index (χ0n) is 14.9. The fourth-order valence-corrected chi connectivity index (χ4v) is 3.26. The van der Waals surface area contributed by atoms with Gasteiger partial charge in [0.25, 0.3) is 5.91 Å². The highest BCUT2D eigenvalue weighted by molar-refractivity contribution is 5.94. The van der Waals surface area contributed by atoms with Crippen molar-refractivity contribution in [2.75, 3.05) is 13.1 Å². The summed E-state index contributed by atoms with van der Waals surface area (Å²) in [6.45, 7) is 6.17. The number of carbonyl (C=O) groups is 2. The van der Waals surface area contributed by atoms with Crippen molar-refractivity contribution in [1.82, 2.24) is 9.80 Å². The Morgan fingerprint density at radius 1 is 1.12 bits per heavy atom. The second-order valence-electron chi connectivity index (χ2n) is 6.58. The van der Waals surface area contributed by atoms with Crippen LogP contribution in [0.15, 0.2) is 67.3 Å². The number of amides is 2. The molecule has 0 aromatic heterocycles. The van der Waals surface area contributed by atoms with Crippen LogP contribution in [0.2, 0.25) is 0 Å². The second-order valence-corrected chi connectivity index (χ2v) is 6.58. The molecule has 0 aliphatic carbocycles. The van der Waals surface area contributed by atoms with Crippen molar-refractivity contribution in [3.8, 4) is 0 Å². The summed E-state index contributed by atoms with van der Waals surface area (Å²) in [5.41, 5.74) is 2.72. The summed E-state index contributed by atoms with van der Waals surface area (Å²) in [4.78, 5) is 28.5. The molecule has 1 fully saturated rings. The van der Waals surface area contributed by atoms with Gasteiger partial charge in [0, 0.05) is 38.2 Å². The number of benzene rings is 2. The third kappa shape index (κ3) is 4.39. The van der Waals surface area contributed by atoms with Crippen LogP contribution in [-0.2, 0) is 17.9 Å². The Bertz CT molecular complexity index is 786. The van der Waals surface area contributed by atoms with Gasteiger partial charge in [-0.15, -0.1) is 6.58 Å². The number of nitrogens with zero attached hydrogens (tertiary/aromatic N) is 2. The molecular formula is C22H24N2O2. The first-order valence-corrected chi connectivity index (χ1v) is 8.98. The molecule has 134 valence electrons. The quantitative estimate of drug-likeness (QED) is 0.717. The minimum atomic E-state index is -0.0247. The zero-order chi connectivity index (χ0) is 18.4. The predicted molar refractivity (Wildman–Crippen MR) is 102 cm³/mol. The maximum atomic E-state index is 13.0. The second kappa shape index (κ2) is 8.48. The van der Waals surface area contributed by atoms with E-state index in [0.29, 0.717) is 31.6 Å². The summed E-state index contributed by atoms with van der Waals surface area (Å²) < 4.78 is 0. The molecule has 0 radical (unpaired) electrons. The van der Waals surface area contributed by atoms with Crippen molar-refractivity contribution in [3.05, 3.63) is 83.9 Å². The molecule has 0 spiro atoms. The lowest BCUT2D eigenvalue weighted by molar-refractivity contribution is -0.128. The summed E-state index contributed by atoms with van der Waals surface area (Å²) in [7, 11) is 0. The molecule has 0 bridgehead atoms. The topological polar surface area (TPSA) is 40.6 Å². The summed E-state index contributed by atoms with van der Waals surface area (Å²) >= 11 is 0. The summed E-state index contributed by atoms with van der Waals surface area (Å²) in [6.07, 6.45) is 3.29. The van der Waals surface area contributed by atoms with Crippen LogP contribution in [0.3, 0.4) is 0 Å². The van der Waals surface area contributed by atoms with Crippen molar-refractivity contribution in [2.24, 2.45) is 0 Å². The Kier molecular flexibility index (Phi) is 5.84. The van der Waals surface area contributed by atoms with E-state index in [2.05, 4.69) is 6.58 Å². The maximum absolute atomic E-state index is 13.0. The standard InChI is InChI=1S/C22H24N2O2/c1-2-13-24(16-18-8-4-3-5-9-18)22(26)20-11-6-10-19(15-20)17-23-14-7-12-21(23)25/h2-6,8-11,15H,1,7,12-14,16-17H2. The average molecular weight is 348 g/mol. The van der Waals surface area contributed by atoms with Crippen molar-refractivity contribution < 1.29 is 9.59 Å². The maximum Gasteiger partial charge on any atom is 0.254 e. The van der Waals surface area contributed by atoms with Gasteiger partial charge in [-0.2, -0.15) is 0 Å². The van der Waals surface area contributed by atoms with Gasteiger partial charge in [0.05, 0.1) is 0 Å². The molecule has 0 saturated carbocycles. The fourth-order valence-electron chi connectivity index (χ4n) is 3.26. The molecule has 2 amide bonds. The normalized spacial score (nSPS) is 13.7.